The highest BCUT2D eigenvalue weighted by atomic mass is 79.9. The second kappa shape index (κ2) is 5.78. The molecule has 0 N–H and O–H groups in total. The summed E-state index contributed by atoms with van der Waals surface area (Å²) < 4.78 is 5.20. The van der Waals surface area contributed by atoms with E-state index in [0.717, 1.165) is 5.56 Å². The van der Waals surface area contributed by atoms with Gasteiger partial charge in [0.05, 0.1) is 12.7 Å². The molecule has 0 aliphatic carbocycles. The Balaban J connectivity index is 2.32. The van der Waals surface area contributed by atoms with E-state index < -0.39 is 4.83 Å². The van der Waals surface area contributed by atoms with E-state index >= 15 is 0 Å². The number of carbonyl (C=O) groups excluding carboxylic acids is 1. The second-order valence-electron chi connectivity index (χ2n) is 3.71. The lowest BCUT2D eigenvalue weighted by Crippen LogP contribution is -2.08. The first-order valence-electron chi connectivity index (χ1n) is 5.45. The minimum Gasteiger partial charge on any atom is -0.496 e. The molecule has 1 aromatic heterocycles. The Morgan fingerprint density at radius 3 is 2.56 bits per heavy atom. The predicted octanol–water partition coefficient (Wildman–Crippen LogP) is 3.41. The molecule has 92 valence electrons. The molecule has 2 rings (SSSR count). The lowest BCUT2D eigenvalue weighted by molar-refractivity contribution is 0.0988. The minimum absolute atomic E-state index is 0.0290. The van der Waals surface area contributed by atoms with Crippen molar-refractivity contribution < 1.29 is 9.53 Å². The topological polar surface area (TPSA) is 39.2 Å². The Morgan fingerprint density at radius 1 is 1.22 bits per heavy atom. The van der Waals surface area contributed by atoms with Gasteiger partial charge in [-0.2, -0.15) is 0 Å². The monoisotopic (exact) mass is 305 g/mol. The predicted molar refractivity (Wildman–Crippen MR) is 73.2 cm³/mol. The van der Waals surface area contributed by atoms with Crippen LogP contribution in [0.1, 0.15) is 20.7 Å². The molecule has 0 aliphatic heterocycles. The molecule has 0 unspecified atom stereocenters. The number of para-hydroxylation sites is 1. The van der Waals surface area contributed by atoms with E-state index in [9.17, 15) is 4.79 Å². The first-order chi connectivity index (χ1) is 8.74. The van der Waals surface area contributed by atoms with Gasteiger partial charge in [0.2, 0.25) is 0 Å². The van der Waals surface area contributed by atoms with E-state index in [2.05, 4.69) is 20.9 Å². The van der Waals surface area contributed by atoms with Crippen molar-refractivity contribution >= 4 is 21.7 Å². The van der Waals surface area contributed by atoms with Crippen molar-refractivity contribution in [2.24, 2.45) is 0 Å². The first-order valence-corrected chi connectivity index (χ1v) is 6.37. The molecule has 1 heterocycles. The molecule has 0 spiro atoms. The largest absolute Gasteiger partial charge is 0.496 e. The number of hydrogen-bond donors (Lipinski definition) is 0. The fourth-order valence-corrected chi connectivity index (χ4v) is 2.22. The van der Waals surface area contributed by atoms with Crippen molar-refractivity contribution in [3.05, 3.63) is 59.9 Å². The van der Waals surface area contributed by atoms with Gasteiger partial charge in [-0.15, -0.1) is 0 Å². The summed E-state index contributed by atoms with van der Waals surface area (Å²) in [4.78, 5) is 15.9. The second-order valence-corrected chi connectivity index (χ2v) is 4.62. The lowest BCUT2D eigenvalue weighted by atomic mass is 10.0. The summed E-state index contributed by atoms with van der Waals surface area (Å²) in [6.45, 7) is 0. The number of Topliss-reactive ketones (excluding diaryl/α,β-unsaturated/α-hetero) is 1. The smallest absolute Gasteiger partial charge is 0.184 e. The van der Waals surface area contributed by atoms with E-state index in [-0.39, 0.29) is 5.78 Å². The van der Waals surface area contributed by atoms with Crippen molar-refractivity contribution in [2.45, 2.75) is 4.83 Å². The van der Waals surface area contributed by atoms with Crippen molar-refractivity contribution in [1.82, 2.24) is 4.98 Å². The Morgan fingerprint density at radius 2 is 1.89 bits per heavy atom. The molecule has 18 heavy (non-hydrogen) atoms. The quantitative estimate of drug-likeness (QED) is 0.642. The number of rotatable bonds is 4. The van der Waals surface area contributed by atoms with Crippen LogP contribution in [0.5, 0.6) is 5.75 Å². The third-order valence-electron chi connectivity index (χ3n) is 2.60. The highest BCUT2D eigenvalue weighted by Crippen LogP contribution is 2.30. The maximum absolute atomic E-state index is 12.4. The zero-order valence-electron chi connectivity index (χ0n) is 9.84. The number of ketones is 1. The van der Waals surface area contributed by atoms with Crippen LogP contribution in [0.2, 0.25) is 0 Å². The van der Waals surface area contributed by atoms with Crippen molar-refractivity contribution in [3.8, 4) is 5.75 Å². The average Bonchev–Trinajstić information content (AvgIpc) is 2.46. The number of alkyl halides is 1. The van der Waals surface area contributed by atoms with Gasteiger partial charge < -0.3 is 4.74 Å². The molecule has 1 atom stereocenters. The van der Waals surface area contributed by atoms with Crippen LogP contribution in [0.15, 0.2) is 48.8 Å². The van der Waals surface area contributed by atoms with E-state index in [1.807, 2.05) is 24.3 Å². The van der Waals surface area contributed by atoms with Gasteiger partial charge in [0.15, 0.2) is 5.78 Å². The molecule has 0 saturated heterocycles. The van der Waals surface area contributed by atoms with Crippen LogP contribution in [-0.4, -0.2) is 17.9 Å². The summed E-state index contributed by atoms with van der Waals surface area (Å²) in [5.41, 5.74) is 1.44. The summed E-state index contributed by atoms with van der Waals surface area (Å²) in [5, 5.41) is 0. The normalized spacial score (nSPS) is 11.9. The number of nitrogens with zero attached hydrogens (tertiary/aromatic N) is 1. The number of carbonyl (C=O) groups is 1. The zero-order chi connectivity index (χ0) is 13.0. The standard InChI is InChI=1S/C14H12BrNO2/c1-18-12-5-3-2-4-11(12)14(17)13(15)10-6-8-16-9-7-10/h2-9,13H,1H3/t13-/m1/s1. The molecule has 0 saturated carbocycles. The fourth-order valence-electron chi connectivity index (χ4n) is 1.67. The van der Waals surface area contributed by atoms with Gasteiger partial charge in [-0.05, 0) is 29.8 Å². The van der Waals surface area contributed by atoms with Crippen LogP contribution in [0.3, 0.4) is 0 Å². The third kappa shape index (κ3) is 2.59. The molecule has 0 aliphatic rings. The van der Waals surface area contributed by atoms with Crippen molar-refractivity contribution in [1.29, 1.82) is 0 Å². The molecular formula is C14H12BrNO2. The van der Waals surface area contributed by atoms with Gasteiger partial charge in [-0.3, -0.25) is 9.78 Å². The summed E-state index contributed by atoms with van der Waals surface area (Å²) >= 11 is 3.42. The molecule has 3 nitrogen and oxygen atoms in total. The van der Waals surface area contributed by atoms with Crippen LogP contribution in [0.4, 0.5) is 0 Å². The maximum atomic E-state index is 12.4. The molecule has 0 radical (unpaired) electrons. The Labute approximate surface area is 114 Å². The van der Waals surface area contributed by atoms with E-state index in [4.69, 9.17) is 4.74 Å². The van der Waals surface area contributed by atoms with Crippen molar-refractivity contribution in [2.75, 3.05) is 7.11 Å². The van der Waals surface area contributed by atoms with E-state index in [0.29, 0.717) is 11.3 Å². The highest BCUT2D eigenvalue weighted by Gasteiger charge is 2.21. The van der Waals surface area contributed by atoms with E-state index in [1.165, 1.54) is 0 Å². The molecule has 0 fully saturated rings. The van der Waals surface area contributed by atoms with Crippen LogP contribution < -0.4 is 4.74 Å². The number of ether oxygens (including phenoxy) is 1. The molecule has 0 bridgehead atoms. The van der Waals surface area contributed by atoms with Crippen LogP contribution in [0, 0.1) is 0 Å². The van der Waals surface area contributed by atoms with Gasteiger partial charge in [-0.1, -0.05) is 28.1 Å². The summed E-state index contributed by atoms with van der Waals surface area (Å²) in [6.07, 6.45) is 3.33. The SMILES string of the molecule is COc1ccccc1C(=O)[C@H](Br)c1ccncc1. The average molecular weight is 306 g/mol. The molecule has 0 amide bonds. The van der Waals surface area contributed by atoms with Gasteiger partial charge in [0, 0.05) is 12.4 Å². The summed E-state index contributed by atoms with van der Waals surface area (Å²) in [5.74, 6) is 0.555. The van der Waals surface area contributed by atoms with Crippen molar-refractivity contribution in [3.63, 3.8) is 0 Å². The first kappa shape index (κ1) is 12.8. The van der Waals surface area contributed by atoms with Crippen LogP contribution in [0.25, 0.3) is 0 Å². The van der Waals surface area contributed by atoms with Gasteiger partial charge in [-0.25, -0.2) is 0 Å². The van der Waals surface area contributed by atoms with Gasteiger partial charge in [0.25, 0.3) is 0 Å². The minimum atomic E-state index is -0.392. The van der Waals surface area contributed by atoms with E-state index in [1.54, 1.807) is 31.6 Å². The highest BCUT2D eigenvalue weighted by molar-refractivity contribution is 9.09. The third-order valence-corrected chi connectivity index (χ3v) is 3.55. The number of hydrogen-bond acceptors (Lipinski definition) is 3. The molecule has 4 heteroatoms. The van der Waals surface area contributed by atoms with Gasteiger partial charge in [0.1, 0.15) is 10.6 Å². The lowest BCUT2D eigenvalue weighted by Gasteiger charge is -2.11. The number of pyridine rings is 1. The molecule has 2 aromatic rings. The van der Waals surface area contributed by atoms with Crippen LogP contribution in [-0.2, 0) is 0 Å². The molecule has 1 aromatic carbocycles. The Hall–Kier alpha value is -1.68. The van der Waals surface area contributed by atoms with Gasteiger partial charge >= 0.3 is 0 Å². The zero-order valence-corrected chi connectivity index (χ0v) is 11.4. The number of halogens is 1. The Kier molecular flexibility index (Phi) is 4.10. The van der Waals surface area contributed by atoms with Crippen LogP contribution >= 0.6 is 15.9 Å². The number of methoxy groups -OCH3 is 1. The maximum Gasteiger partial charge on any atom is 0.184 e. The fraction of sp³-hybridized carbons (Fsp3) is 0.143. The number of benzene rings is 1. The summed E-state index contributed by atoms with van der Waals surface area (Å²) in [7, 11) is 1.56. The number of aromatic nitrogens is 1. The molecular weight excluding hydrogens is 294 g/mol. The summed E-state index contributed by atoms with van der Waals surface area (Å²) in [6, 6.07) is 10.8. The Bertz CT molecular complexity index is 543.